The summed E-state index contributed by atoms with van der Waals surface area (Å²) in [6.45, 7) is 10.3. The molecule has 0 radical (unpaired) electrons. The first-order chi connectivity index (χ1) is 20.3. The Morgan fingerprint density at radius 3 is 2.38 bits per heavy atom. The van der Waals surface area contributed by atoms with E-state index in [1.807, 2.05) is 45.4 Å². The lowest BCUT2D eigenvalue weighted by molar-refractivity contribution is -0.115. The van der Waals surface area contributed by atoms with Crippen LogP contribution < -0.4 is 26.4 Å². The molecule has 0 saturated carbocycles. The Balaban J connectivity index is 0.00000116. The minimum atomic E-state index is -0.259. The summed E-state index contributed by atoms with van der Waals surface area (Å²) < 4.78 is 1.67. The molecule has 0 aromatic carbocycles. The second-order valence-electron chi connectivity index (χ2n) is 10.3. The molecule has 0 spiro atoms. The number of nitrogens with zero attached hydrogens (tertiary/aromatic N) is 4. The summed E-state index contributed by atoms with van der Waals surface area (Å²) in [4.78, 5) is 46.5. The zero-order valence-corrected chi connectivity index (χ0v) is 26.3. The van der Waals surface area contributed by atoms with E-state index >= 15 is 0 Å². The van der Waals surface area contributed by atoms with Crippen molar-refractivity contribution in [3.05, 3.63) is 57.7 Å². The molecule has 232 valence electrons. The van der Waals surface area contributed by atoms with E-state index in [0.717, 1.165) is 50.5 Å². The van der Waals surface area contributed by atoms with Crippen molar-refractivity contribution in [2.45, 2.75) is 72.4 Å². The summed E-state index contributed by atoms with van der Waals surface area (Å²) in [5.74, 6) is 0.509. The zero-order valence-electron chi connectivity index (χ0n) is 26.3. The van der Waals surface area contributed by atoms with Crippen molar-refractivity contribution in [1.82, 2.24) is 19.8 Å². The molecule has 4 rings (SSSR count). The van der Waals surface area contributed by atoms with Gasteiger partial charge in [-0.2, -0.15) is 0 Å². The lowest BCUT2D eigenvalue weighted by atomic mass is 9.98. The standard InChI is InChI=1S/C28H38N6O3.C2H7N.CH4O/c1-5-19(4)21(6-2)15-20-16-23(27(36)32(7-3)17-20)30-28(37)33-13-10-22(11-14-33)34-18-25(35)31-26-24(34)9-8-12-29-26;1-3-2;1-2/h8-9,12,16-17,22H,5-7,10-11,13-15,18H2,1-4H3,(H,30,37)(H,29,31,35);3H,1-2H3;2H,1H3. The summed E-state index contributed by atoms with van der Waals surface area (Å²) in [6.07, 6.45) is 7.76. The molecule has 2 aromatic heterocycles. The van der Waals surface area contributed by atoms with Crippen LogP contribution in [0.5, 0.6) is 0 Å². The summed E-state index contributed by atoms with van der Waals surface area (Å²) in [5.41, 5.74) is 4.81. The minimum Gasteiger partial charge on any atom is -0.400 e. The van der Waals surface area contributed by atoms with Gasteiger partial charge in [0.25, 0.3) is 5.56 Å². The van der Waals surface area contributed by atoms with Gasteiger partial charge in [0, 0.05) is 45.2 Å². The van der Waals surface area contributed by atoms with Crippen molar-refractivity contribution in [1.29, 1.82) is 0 Å². The largest absolute Gasteiger partial charge is 0.400 e. The summed E-state index contributed by atoms with van der Waals surface area (Å²) in [7, 11) is 4.75. The van der Waals surface area contributed by atoms with Crippen LogP contribution >= 0.6 is 0 Å². The summed E-state index contributed by atoms with van der Waals surface area (Å²) >= 11 is 0. The predicted octanol–water partition coefficient (Wildman–Crippen LogP) is 3.84. The number of aromatic nitrogens is 2. The Bertz CT molecular complexity index is 1270. The SMILES string of the molecule is CCC(C)=C(CC)Cc1cc(NC(=O)N2CCC(N3CC(=O)Nc4ncccc43)CC2)c(=O)n(CC)c1.CNC.CO. The van der Waals surface area contributed by atoms with Gasteiger partial charge in [0.1, 0.15) is 5.69 Å². The van der Waals surface area contributed by atoms with E-state index in [9.17, 15) is 14.4 Å². The number of allylic oxidation sites excluding steroid dienone is 2. The third-order valence-corrected chi connectivity index (χ3v) is 7.56. The Hall–Kier alpha value is -3.70. The van der Waals surface area contributed by atoms with Crippen LogP contribution in [0.4, 0.5) is 22.0 Å². The number of rotatable bonds is 7. The Kier molecular flexibility index (Phi) is 14.2. The second kappa shape index (κ2) is 17.3. The number of hydrogen-bond acceptors (Lipinski definition) is 7. The first kappa shape index (κ1) is 34.5. The number of anilines is 3. The molecule has 11 heteroatoms. The fourth-order valence-electron chi connectivity index (χ4n) is 5.23. The highest BCUT2D eigenvalue weighted by atomic mass is 16.2. The van der Waals surface area contributed by atoms with E-state index in [2.05, 4.69) is 46.6 Å². The number of carbonyl (C=O) groups is 2. The average molecular weight is 584 g/mol. The van der Waals surface area contributed by atoms with E-state index in [1.165, 1.54) is 11.1 Å². The second-order valence-corrected chi connectivity index (χ2v) is 10.3. The van der Waals surface area contributed by atoms with Crippen LogP contribution in [0.25, 0.3) is 0 Å². The first-order valence-electron chi connectivity index (χ1n) is 14.8. The van der Waals surface area contributed by atoms with Crippen LogP contribution in [0, 0.1) is 0 Å². The number of nitrogens with one attached hydrogen (secondary N) is 3. The number of aryl methyl sites for hydroxylation is 1. The molecule has 1 saturated heterocycles. The Labute approximate surface area is 250 Å². The summed E-state index contributed by atoms with van der Waals surface area (Å²) in [5, 5.41) is 15.5. The Morgan fingerprint density at radius 2 is 1.79 bits per heavy atom. The number of piperidine rings is 1. The lowest BCUT2D eigenvalue weighted by Crippen LogP contribution is -2.51. The van der Waals surface area contributed by atoms with Crippen LogP contribution in [0.3, 0.4) is 0 Å². The zero-order chi connectivity index (χ0) is 31.2. The maximum absolute atomic E-state index is 13.2. The van der Waals surface area contributed by atoms with Gasteiger partial charge in [-0.25, -0.2) is 9.78 Å². The number of amides is 3. The molecule has 4 heterocycles. The van der Waals surface area contributed by atoms with Crippen molar-refractivity contribution in [2.75, 3.05) is 56.4 Å². The number of aliphatic hydroxyl groups is 1. The highest BCUT2D eigenvalue weighted by Gasteiger charge is 2.32. The monoisotopic (exact) mass is 583 g/mol. The van der Waals surface area contributed by atoms with Crippen molar-refractivity contribution >= 4 is 29.1 Å². The van der Waals surface area contributed by atoms with Crippen molar-refractivity contribution in [2.24, 2.45) is 0 Å². The fraction of sp³-hybridized carbons (Fsp3) is 0.548. The van der Waals surface area contributed by atoms with E-state index in [4.69, 9.17) is 5.11 Å². The molecule has 4 N–H and O–H groups in total. The van der Waals surface area contributed by atoms with Gasteiger partial charge in [0.2, 0.25) is 5.91 Å². The van der Waals surface area contributed by atoms with Crippen molar-refractivity contribution in [3.63, 3.8) is 0 Å². The molecule has 42 heavy (non-hydrogen) atoms. The van der Waals surface area contributed by atoms with Crippen LogP contribution in [-0.4, -0.2) is 78.4 Å². The molecule has 3 amide bonds. The fourth-order valence-corrected chi connectivity index (χ4v) is 5.23. The number of likely N-dealkylation sites (tertiary alicyclic amines) is 1. The smallest absolute Gasteiger partial charge is 0.321 e. The number of carbonyl (C=O) groups excluding carboxylic acids is 2. The van der Waals surface area contributed by atoms with Crippen LogP contribution in [0.1, 0.15) is 58.9 Å². The lowest BCUT2D eigenvalue weighted by Gasteiger charge is -2.41. The average Bonchev–Trinajstić information content (AvgIpc) is 3.01. The molecule has 2 aliphatic rings. The third-order valence-electron chi connectivity index (χ3n) is 7.56. The Morgan fingerprint density at radius 1 is 1.12 bits per heavy atom. The van der Waals surface area contributed by atoms with Crippen LogP contribution in [-0.2, 0) is 17.8 Å². The van der Waals surface area contributed by atoms with Gasteiger partial charge in [0.15, 0.2) is 5.82 Å². The van der Waals surface area contributed by atoms with E-state index in [0.29, 0.717) is 31.1 Å². The number of pyridine rings is 2. The highest BCUT2D eigenvalue weighted by molar-refractivity contribution is 6.00. The van der Waals surface area contributed by atoms with E-state index < -0.39 is 0 Å². The molecule has 1 fully saturated rings. The highest BCUT2D eigenvalue weighted by Crippen LogP contribution is 2.31. The van der Waals surface area contributed by atoms with E-state index in [-0.39, 0.29) is 30.1 Å². The normalized spacial score (nSPS) is 15.3. The molecule has 2 aromatic rings. The number of hydrogen-bond donors (Lipinski definition) is 4. The predicted molar refractivity (Wildman–Crippen MR) is 170 cm³/mol. The maximum Gasteiger partial charge on any atom is 0.321 e. The quantitative estimate of drug-likeness (QED) is 0.364. The topological polar surface area (TPSA) is 132 Å². The van der Waals surface area contributed by atoms with Crippen molar-refractivity contribution in [3.8, 4) is 0 Å². The number of fused-ring (bicyclic) bond motifs is 1. The third kappa shape index (κ3) is 8.90. The molecular weight excluding hydrogens is 534 g/mol. The molecule has 11 nitrogen and oxygen atoms in total. The van der Waals surface area contributed by atoms with Gasteiger partial charge in [-0.05, 0) is 83.8 Å². The maximum atomic E-state index is 13.2. The van der Waals surface area contributed by atoms with Gasteiger partial charge < -0.3 is 35.4 Å². The number of aliphatic hydroxyl groups excluding tert-OH is 1. The molecule has 2 aliphatic heterocycles. The summed E-state index contributed by atoms with van der Waals surface area (Å²) in [6, 6.07) is 5.54. The van der Waals surface area contributed by atoms with Gasteiger partial charge in [0.05, 0.1) is 12.2 Å². The molecule has 0 unspecified atom stereocenters. The molecule has 0 bridgehead atoms. The van der Waals surface area contributed by atoms with Gasteiger partial charge >= 0.3 is 6.03 Å². The van der Waals surface area contributed by atoms with Gasteiger partial charge in [-0.3, -0.25) is 9.59 Å². The molecule has 0 aliphatic carbocycles. The number of urea groups is 1. The van der Waals surface area contributed by atoms with Crippen molar-refractivity contribution < 1.29 is 14.7 Å². The van der Waals surface area contributed by atoms with Crippen LogP contribution in [0.2, 0.25) is 0 Å². The minimum absolute atomic E-state index is 0.0753. The molecular formula is C31H49N7O4. The van der Waals surface area contributed by atoms with Gasteiger partial charge in [-0.1, -0.05) is 25.0 Å². The molecule has 0 atom stereocenters. The van der Waals surface area contributed by atoms with Gasteiger partial charge in [-0.15, -0.1) is 0 Å². The van der Waals surface area contributed by atoms with Crippen LogP contribution in [0.15, 0.2) is 46.5 Å². The first-order valence-corrected chi connectivity index (χ1v) is 14.8. The van der Waals surface area contributed by atoms with E-state index in [1.54, 1.807) is 15.7 Å².